The van der Waals surface area contributed by atoms with Gasteiger partial charge < -0.3 is 0 Å². The van der Waals surface area contributed by atoms with Crippen LogP contribution < -0.4 is 0 Å². The molecule has 1 nitrogen and oxygen atoms in total. The standard InChI is InChI=1S/C8H9FOS2/c1-4(10)7-5(2)11-6(3)8(7)12-9/h1-3H3. The summed E-state index contributed by atoms with van der Waals surface area (Å²) in [6, 6.07) is 0. The highest BCUT2D eigenvalue weighted by molar-refractivity contribution is 7.94. The topological polar surface area (TPSA) is 17.1 Å². The Kier molecular flexibility index (Phi) is 2.90. The van der Waals surface area contributed by atoms with Crippen LogP contribution in [-0.4, -0.2) is 5.78 Å². The van der Waals surface area contributed by atoms with Gasteiger partial charge in [-0.1, -0.05) is 0 Å². The van der Waals surface area contributed by atoms with E-state index in [2.05, 4.69) is 0 Å². The van der Waals surface area contributed by atoms with Crippen LogP contribution >= 0.6 is 23.5 Å². The maximum absolute atomic E-state index is 12.4. The van der Waals surface area contributed by atoms with E-state index in [0.717, 1.165) is 9.75 Å². The zero-order valence-electron chi connectivity index (χ0n) is 7.10. The lowest BCUT2D eigenvalue weighted by molar-refractivity contribution is 0.101. The summed E-state index contributed by atoms with van der Waals surface area (Å²) in [7, 11) is 0. The molecular weight excluding hydrogens is 195 g/mol. The Hall–Kier alpha value is -0.350. The molecule has 4 heteroatoms. The second kappa shape index (κ2) is 3.58. The Bertz CT molecular complexity index is 317. The molecule has 0 N–H and O–H groups in total. The molecule has 0 unspecified atom stereocenters. The number of hydrogen-bond acceptors (Lipinski definition) is 3. The molecule has 0 radical (unpaired) electrons. The molecule has 66 valence electrons. The van der Waals surface area contributed by atoms with Crippen molar-refractivity contribution < 1.29 is 8.68 Å². The average molecular weight is 204 g/mol. The van der Waals surface area contributed by atoms with Crippen molar-refractivity contribution in [3.8, 4) is 0 Å². The smallest absolute Gasteiger partial charge is 0.162 e. The van der Waals surface area contributed by atoms with Crippen LogP contribution in [0.15, 0.2) is 4.90 Å². The molecule has 0 aliphatic heterocycles. The molecule has 0 amide bonds. The SMILES string of the molecule is CC(=O)c1c(C)sc(C)c1SF. The molecule has 0 aromatic carbocycles. The van der Waals surface area contributed by atoms with E-state index >= 15 is 0 Å². The van der Waals surface area contributed by atoms with Gasteiger partial charge in [-0.3, -0.25) is 4.79 Å². The van der Waals surface area contributed by atoms with Gasteiger partial charge in [0.1, 0.15) is 0 Å². The van der Waals surface area contributed by atoms with Crippen molar-refractivity contribution in [1.29, 1.82) is 0 Å². The number of hydrogen-bond donors (Lipinski definition) is 0. The van der Waals surface area contributed by atoms with Gasteiger partial charge in [-0.25, -0.2) is 0 Å². The summed E-state index contributed by atoms with van der Waals surface area (Å²) in [4.78, 5) is 13.4. The third-order valence-electron chi connectivity index (χ3n) is 1.63. The second-order valence-corrected chi connectivity index (χ2v) is 4.54. The van der Waals surface area contributed by atoms with E-state index in [-0.39, 0.29) is 17.9 Å². The quantitative estimate of drug-likeness (QED) is 0.685. The summed E-state index contributed by atoms with van der Waals surface area (Å²) in [5.41, 5.74) is 0.546. The van der Waals surface area contributed by atoms with Gasteiger partial charge in [0.2, 0.25) is 0 Å². The van der Waals surface area contributed by atoms with Crippen molar-refractivity contribution >= 4 is 29.3 Å². The van der Waals surface area contributed by atoms with E-state index in [1.54, 1.807) is 0 Å². The van der Waals surface area contributed by atoms with Crippen molar-refractivity contribution in [3.63, 3.8) is 0 Å². The summed E-state index contributed by atoms with van der Waals surface area (Å²) in [6.45, 7) is 5.13. The summed E-state index contributed by atoms with van der Waals surface area (Å²) >= 11 is 1.63. The molecular formula is C8H9FOS2. The molecule has 0 atom stereocenters. The van der Waals surface area contributed by atoms with Gasteiger partial charge in [0.15, 0.2) is 5.78 Å². The van der Waals surface area contributed by atoms with Crippen LogP contribution in [0, 0.1) is 13.8 Å². The maximum Gasteiger partial charge on any atom is 0.162 e. The lowest BCUT2D eigenvalue weighted by Gasteiger charge is -1.95. The van der Waals surface area contributed by atoms with Crippen LogP contribution in [0.1, 0.15) is 27.0 Å². The molecule has 0 saturated heterocycles. The third kappa shape index (κ3) is 1.54. The minimum Gasteiger partial charge on any atom is -0.294 e. The van der Waals surface area contributed by atoms with Gasteiger partial charge in [0.05, 0.1) is 17.0 Å². The average Bonchev–Trinajstić information content (AvgIpc) is 2.24. The van der Waals surface area contributed by atoms with E-state index in [4.69, 9.17) is 0 Å². The number of carbonyl (C=O) groups excluding carboxylic acids is 1. The third-order valence-corrected chi connectivity index (χ3v) is 3.45. The number of carbonyl (C=O) groups is 1. The summed E-state index contributed by atoms with van der Waals surface area (Å²) in [6.07, 6.45) is 0. The molecule has 1 aromatic heterocycles. The minimum absolute atomic E-state index is 0.0583. The first-order chi connectivity index (χ1) is 5.57. The molecule has 1 rings (SSSR count). The van der Waals surface area contributed by atoms with Crippen LogP contribution in [0.2, 0.25) is 0 Å². The Morgan fingerprint density at radius 3 is 2.33 bits per heavy atom. The first-order valence-electron chi connectivity index (χ1n) is 3.47. The van der Waals surface area contributed by atoms with E-state index in [1.165, 1.54) is 18.3 Å². The Labute approximate surface area is 79.3 Å². The number of halogens is 1. The molecule has 0 fully saturated rings. The van der Waals surface area contributed by atoms with Gasteiger partial charge in [-0.2, -0.15) is 3.89 Å². The van der Waals surface area contributed by atoms with Gasteiger partial charge >= 0.3 is 0 Å². The van der Waals surface area contributed by atoms with E-state index < -0.39 is 0 Å². The Balaban J connectivity index is 3.32. The van der Waals surface area contributed by atoms with Crippen molar-refractivity contribution in [1.82, 2.24) is 0 Å². The number of ketones is 1. The summed E-state index contributed by atoms with van der Waals surface area (Å²) < 4.78 is 12.4. The monoisotopic (exact) mass is 204 g/mol. The fourth-order valence-corrected chi connectivity index (χ4v) is 2.93. The predicted molar refractivity (Wildman–Crippen MR) is 50.8 cm³/mol. The molecule has 0 saturated carbocycles. The number of rotatable bonds is 2. The van der Waals surface area contributed by atoms with Crippen LogP contribution in [0.3, 0.4) is 0 Å². The highest BCUT2D eigenvalue weighted by Crippen LogP contribution is 2.35. The van der Waals surface area contributed by atoms with Crippen molar-refractivity contribution in [2.75, 3.05) is 0 Å². The zero-order chi connectivity index (χ0) is 9.30. The first-order valence-corrected chi connectivity index (χ1v) is 5.00. The molecule has 1 heterocycles. The van der Waals surface area contributed by atoms with Crippen LogP contribution in [0.4, 0.5) is 3.89 Å². The molecule has 1 aromatic rings. The molecule has 0 aliphatic rings. The van der Waals surface area contributed by atoms with Crippen molar-refractivity contribution in [2.45, 2.75) is 25.7 Å². The first kappa shape index (κ1) is 9.74. The normalized spacial score (nSPS) is 10.3. The highest BCUT2D eigenvalue weighted by atomic mass is 32.2. The summed E-state index contributed by atoms with van der Waals surface area (Å²) in [5, 5.41) is 0. The molecule has 0 aliphatic carbocycles. The van der Waals surface area contributed by atoms with Crippen molar-refractivity contribution in [3.05, 3.63) is 15.3 Å². The molecule has 0 bridgehead atoms. The van der Waals surface area contributed by atoms with Gasteiger partial charge in [0, 0.05) is 15.3 Å². The van der Waals surface area contributed by atoms with Crippen LogP contribution in [0.5, 0.6) is 0 Å². The zero-order valence-corrected chi connectivity index (χ0v) is 8.74. The number of thiophene rings is 1. The fourth-order valence-electron chi connectivity index (χ4n) is 1.16. The van der Waals surface area contributed by atoms with E-state index in [1.807, 2.05) is 13.8 Å². The Morgan fingerprint density at radius 2 is 2.00 bits per heavy atom. The largest absolute Gasteiger partial charge is 0.294 e. The maximum atomic E-state index is 12.4. The van der Waals surface area contributed by atoms with E-state index in [0.29, 0.717) is 10.5 Å². The van der Waals surface area contributed by atoms with Gasteiger partial charge in [0.25, 0.3) is 0 Å². The second-order valence-electron chi connectivity index (χ2n) is 2.55. The lowest BCUT2D eigenvalue weighted by Crippen LogP contribution is -1.93. The molecule has 12 heavy (non-hydrogen) atoms. The summed E-state index contributed by atoms with van der Waals surface area (Å²) in [5.74, 6) is -0.0583. The number of Topliss-reactive ketones (excluding diaryl/α,β-unsaturated/α-hetero) is 1. The highest BCUT2D eigenvalue weighted by Gasteiger charge is 2.16. The number of aryl methyl sites for hydroxylation is 2. The predicted octanol–water partition coefficient (Wildman–Crippen LogP) is 3.54. The van der Waals surface area contributed by atoms with Crippen LogP contribution in [0.25, 0.3) is 0 Å². The van der Waals surface area contributed by atoms with E-state index in [9.17, 15) is 8.68 Å². The van der Waals surface area contributed by atoms with Crippen molar-refractivity contribution in [2.24, 2.45) is 0 Å². The minimum atomic E-state index is -0.0583. The van der Waals surface area contributed by atoms with Crippen LogP contribution in [-0.2, 0) is 0 Å². The van der Waals surface area contributed by atoms with Gasteiger partial charge in [-0.05, 0) is 20.8 Å². The Morgan fingerprint density at radius 1 is 1.42 bits per heavy atom. The lowest BCUT2D eigenvalue weighted by atomic mass is 10.2. The fraction of sp³-hybridized carbons (Fsp3) is 0.375. The van der Waals surface area contributed by atoms with Gasteiger partial charge in [-0.15, -0.1) is 11.3 Å². The molecule has 0 spiro atoms.